The molecule has 0 fully saturated rings. The lowest BCUT2D eigenvalue weighted by Crippen LogP contribution is -2.41. The number of thiocarbonyl (C=S) groups is 1. The summed E-state index contributed by atoms with van der Waals surface area (Å²) in [5.41, 5.74) is 0.967. The first kappa shape index (κ1) is 24.3. The van der Waals surface area contributed by atoms with Crippen LogP contribution in [0.25, 0.3) is 0 Å². The summed E-state index contributed by atoms with van der Waals surface area (Å²) in [5.74, 6) is 0.407. The lowest BCUT2D eigenvalue weighted by Gasteiger charge is -2.22. The maximum atomic E-state index is 12.8. The highest BCUT2D eigenvalue weighted by Crippen LogP contribution is 2.19. The van der Waals surface area contributed by atoms with Gasteiger partial charge in [0.25, 0.3) is 11.8 Å². The standard InChI is InChI=1S/C24H31N3O3S/c1-16(2)14-15-30-20-13-9-7-11-18(20)21(28)26-23(31)25-19-12-8-6-10-17(19)22(29)27-24(3,4)5/h6-13,16H,14-15H2,1-5H3,(H,27,29)(H2,25,26,28,31). The Labute approximate surface area is 189 Å². The van der Waals surface area contributed by atoms with Gasteiger partial charge in [-0.25, -0.2) is 0 Å². The van der Waals surface area contributed by atoms with Gasteiger partial charge in [0.2, 0.25) is 0 Å². The molecular weight excluding hydrogens is 410 g/mol. The Hall–Kier alpha value is -2.93. The highest BCUT2D eigenvalue weighted by atomic mass is 32.1. The van der Waals surface area contributed by atoms with E-state index in [-0.39, 0.29) is 22.5 Å². The van der Waals surface area contributed by atoms with Crippen molar-refractivity contribution in [2.24, 2.45) is 5.92 Å². The van der Waals surface area contributed by atoms with E-state index in [0.717, 1.165) is 6.42 Å². The second-order valence-electron chi connectivity index (χ2n) is 8.69. The van der Waals surface area contributed by atoms with Crippen molar-refractivity contribution in [3.63, 3.8) is 0 Å². The third-order valence-electron chi connectivity index (χ3n) is 4.22. The van der Waals surface area contributed by atoms with E-state index in [1.54, 1.807) is 42.5 Å². The molecular formula is C24H31N3O3S. The normalized spacial score (nSPS) is 11.0. The number of para-hydroxylation sites is 2. The Kier molecular flexibility index (Phi) is 8.56. The zero-order valence-corrected chi connectivity index (χ0v) is 19.6. The van der Waals surface area contributed by atoms with Crippen LogP contribution >= 0.6 is 12.2 Å². The van der Waals surface area contributed by atoms with Gasteiger partial charge in [-0.3, -0.25) is 14.9 Å². The van der Waals surface area contributed by atoms with Crippen LogP contribution in [0.5, 0.6) is 5.75 Å². The van der Waals surface area contributed by atoms with E-state index in [1.807, 2.05) is 26.8 Å². The topological polar surface area (TPSA) is 79.5 Å². The molecule has 0 bridgehead atoms. The van der Waals surface area contributed by atoms with Crippen molar-refractivity contribution >= 4 is 34.8 Å². The summed E-state index contributed by atoms with van der Waals surface area (Å²) in [6.07, 6.45) is 0.892. The zero-order valence-electron chi connectivity index (χ0n) is 18.7. The Morgan fingerprint density at radius 2 is 1.58 bits per heavy atom. The number of nitrogens with one attached hydrogen (secondary N) is 3. The molecule has 166 valence electrons. The molecule has 0 saturated carbocycles. The number of carbonyl (C=O) groups excluding carboxylic acids is 2. The molecule has 2 aromatic carbocycles. The van der Waals surface area contributed by atoms with Gasteiger partial charge in [-0.1, -0.05) is 38.1 Å². The van der Waals surface area contributed by atoms with Crippen molar-refractivity contribution in [2.45, 2.75) is 46.6 Å². The van der Waals surface area contributed by atoms with Crippen molar-refractivity contribution in [1.29, 1.82) is 0 Å². The first-order chi connectivity index (χ1) is 14.6. The Morgan fingerprint density at radius 1 is 0.968 bits per heavy atom. The smallest absolute Gasteiger partial charge is 0.261 e. The highest BCUT2D eigenvalue weighted by molar-refractivity contribution is 7.80. The van der Waals surface area contributed by atoms with E-state index < -0.39 is 0 Å². The molecule has 0 atom stereocenters. The van der Waals surface area contributed by atoms with Crippen LogP contribution in [0.15, 0.2) is 48.5 Å². The van der Waals surface area contributed by atoms with Gasteiger partial charge in [0, 0.05) is 5.54 Å². The summed E-state index contributed by atoms with van der Waals surface area (Å²) < 4.78 is 5.79. The van der Waals surface area contributed by atoms with Crippen molar-refractivity contribution in [1.82, 2.24) is 10.6 Å². The van der Waals surface area contributed by atoms with Gasteiger partial charge in [-0.2, -0.15) is 0 Å². The lowest BCUT2D eigenvalue weighted by molar-refractivity contribution is 0.0919. The quantitative estimate of drug-likeness (QED) is 0.540. The van der Waals surface area contributed by atoms with Gasteiger partial charge < -0.3 is 15.4 Å². The fourth-order valence-corrected chi connectivity index (χ4v) is 2.91. The van der Waals surface area contributed by atoms with Crippen molar-refractivity contribution < 1.29 is 14.3 Å². The SMILES string of the molecule is CC(C)CCOc1ccccc1C(=O)NC(=S)Nc1ccccc1C(=O)NC(C)(C)C. The molecule has 0 aliphatic carbocycles. The lowest BCUT2D eigenvalue weighted by atomic mass is 10.1. The predicted octanol–water partition coefficient (Wildman–Crippen LogP) is 4.77. The van der Waals surface area contributed by atoms with E-state index in [2.05, 4.69) is 29.8 Å². The van der Waals surface area contributed by atoms with Crippen LogP contribution in [0.1, 0.15) is 61.8 Å². The molecule has 2 rings (SSSR count). The number of ether oxygens (including phenoxy) is 1. The van der Waals surface area contributed by atoms with Gasteiger partial charge in [0.05, 0.1) is 23.4 Å². The van der Waals surface area contributed by atoms with Crippen LogP contribution in [0.2, 0.25) is 0 Å². The minimum Gasteiger partial charge on any atom is -0.493 e. The second kappa shape index (κ2) is 10.9. The molecule has 0 spiro atoms. The Morgan fingerprint density at radius 3 is 2.23 bits per heavy atom. The molecule has 2 amide bonds. The second-order valence-corrected chi connectivity index (χ2v) is 9.09. The molecule has 0 aliphatic heterocycles. The highest BCUT2D eigenvalue weighted by Gasteiger charge is 2.19. The molecule has 7 heteroatoms. The largest absolute Gasteiger partial charge is 0.493 e. The molecule has 0 radical (unpaired) electrons. The van der Waals surface area contributed by atoms with E-state index >= 15 is 0 Å². The average Bonchev–Trinajstić information content (AvgIpc) is 2.67. The van der Waals surface area contributed by atoms with Crippen molar-refractivity contribution in [2.75, 3.05) is 11.9 Å². The number of rotatable bonds is 7. The minimum absolute atomic E-state index is 0.0954. The summed E-state index contributed by atoms with van der Waals surface area (Å²) in [4.78, 5) is 25.4. The predicted molar refractivity (Wildman–Crippen MR) is 129 cm³/mol. The summed E-state index contributed by atoms with van der Waals surface area (Å²) >= 11 is 5.32. The summed E-state index contributed by atoms with van der Waals surface area (Å²) in [6, 6.07) is 14.0. The number of amides is 2. The van der Waals surface area contributed by atoms with Gasteiger partial charge >= 0.3 is 0 Å². The molecule has 0 saturated heterocycles. The van der Waals surface area contributed by atoms with Gasteiger partial charge in [0.1, 0.15) is 5.75 Å². The number of benzene rings is 2. The Bertz CT molecular complexity index is 936. The van der Waals surface area contributed by atoms with Gasteiger partial charge in [-0.15, -0.1) is 0 Å². The van der Waals surface area contributed by atoms with Crippen LogP contribution in [-0.2, 0) is 0 Å². The van der Waals surface area contributed by atoms with Crippen LogP contribution in [0.4, 0.5) is 5.69 Å². The summed E-state index contributed by atoms with van der Waals surface area (Å²) in [6.45, 7) is 10.5. The molecule has 0 heterocycles. The van der Waals surface area contributed by atoms with Crippen LogP contribution in [0, 0.1) is 5.92 Å². The van der Waals surface area contributed by atoms with Crippen LogP contribution in [0.3, 0.4) is 0 Å². The molecule has 6 nitrogen and oxygen atoms in total. The van der Waals surface area contributed by atoms with E-state index in [4.69, 9.17) is 17.0 Å². The summed E-state index contributed by atoms with van der Waals surface area (Å²) in [7, 11) is 0. The van der Waals surface area contributed by atoms with Gasteiger partial charge in [-0.05, 0) is 69.6 Å². The number of hydrogen-bond donors (Lipinski definition) is 3. The molecule has 31 heavy (non-hydrogen) atoms. The molecule has 0 aromatic heterocycles. The number of carbonyl (C=O) groups is 2. The zero-order chi connectivity index (χ0) is 23.0. The maximum absolute atomic E-state index is 12.8. The van der Waals surface area contributed by atoms with E-state index in [1.165, 1.54) is 0 Å². The Balaban J connectivity index is 2.08. The maximum Gasteiger partial charge on any atom is 0.261 e. The first-order valence-corrected chi connectivity index (χ1v) is 10.7. The van der Waals surface area contributed by atoms with Gasteiger partial charge in [0.15, 0.2) is 5.11 Å². The van der Waals surface area contributed by atoms with Crippen molar-refractivity contribution in [3.05, 3.63) is 59.7 Å². The monoisotopic (exact) mass is 441 g/mol. The molecule has 0 aliphatic rings. The number of anilines is 1. The molecule has 2 aromatic rings. The summed E-state index contributed by atoms with van der Waals surface area (Å²) in [5, 5.41) is 8.64. The molecule has 0 unspecified atom stereocenters. The number of hydrogen-bond acceptors (Lipinski definition) is 4. The van der Waals surface area contributed by atoms with E-state index in [0.29, 0.717) is 35.1 Å². The third kappa shape index (κ3) is 8.02. The van der Waals surface area contributed by atoms with Crippen molar-refractivity contribution in [3.8, 4) is 5.75 Å². The average molecular weight is 442 g/mol. The fourth-order valence-electron chi connectivity index (χ4n) is 2.71. The van der Waals surface area contributed by atoms with E-state index in [9.17, 15) is 9.59 Å². The minimum atomic E-state index is -0.380. The van der Waals surface area contributed by atoms with Crippen LogP contribution in [-0.4, -0.2) is 29.1 Å². The first-order valence-electron chi connectivity index (χ1n) is 10.3. The fraction of sp³-hybridized carbons (Fsp3) is 0.375. The molecule has 3 N–H and O–H groups in total. The van der Waals surface area contributed by atoms with Crippen LogP contribution < -0.4 is 20.7 Å². The third-order valence-corrected chi connectivity index (χ3v) is 4.42.